The van der Waals surface area contributed by atoms with Crippen LogP contribution in [0, 0.1) is 5.92 Å². The number of benzene rings is 1. The molecule has 3 nitrogen and oxygen atoms in total. The van der Waals surface area contributed by atoms with Crippen molar-refractivity contribution in [3.05, 3.63) is 34.9 Å². The Morgan fingerprint density at radius 2 is 1.95 bits per heavy atom. The molecule has 1 aromatic rings. The highest BCUT2D eigenvalue weighted by Crippen LogP contribution is 2.37. The van der Waals surface area contributed by atoms with Crippen molar-refractivity contribution in [3.8, 4) is 0 Å². The molecule has 2 aliphatic heterocycles. The number of likely N-dealkylation sites (tertiary alicyclic amines) is 1. The second kappa shape index (κ2) is 6.15. The zero-order valence-electron chi connectivity index (χ0n) is 11.6. The van der Waals surface area contributed by atoms with Crippen LogP contribution < -0.4 is 5.32 Å². The van der Waals surface area contributed by atoms with Gasteiger partial charge in [0.2, 0.25) is 5.91 Å². The first-order valence-electron chi connectivity index (χ1n) is 7.53. The van der Waals surface area contributed by atoms with E-state index in [1.807, 2.05) is 18.2 Å². The molecule has 4 heteroatoms. The molecule has 0 radical (unpaired) electrons. The number of amides is 1. The van der Waals surface area contributed by atoms with Gasteiger partial charge in [-0.2, -0.15) is 0 Å². The van der Waals surface area contributed by atoms with Crippen molar-refractivity contribution in [2.45, 2.75) is 31.7 Å². The van der Waals surface area contributed by atoms with Crippen molar-refractivity contribution in [1.29, 1.82) is 0 Å². The molecule has 0 aromatic heterocycles. The van der Waals surface area contributed by atoms with E-state index in [0.717, 1.165) is 55.9 Å². The predicted molar refractivity (Wildman–Crippen MR) is 80.7 cm³/mol. The molecule has 3 rings (SSSR count). The predicted octanol–water partition coefficient (Wildman–Crippen LogP) is 3.00. The average Bonchev–Trinajstić information content (AvgIpc) is 2.97. The lowest BCUT2D eigenvalue weighted by atomic mass is 9.95. The largest absolute Gasteiger partial charge is 0.335 e. The Balaban J connectivity index is 1.78. The molecule has 20 heavy (non-hydrogen) atoms. The zero-order chi connectivity index (χ0) is 13.9. The summed E-state index contributed by atoms with van der Waals surface area (Å²) < 4.78 is 0. The third-order valence-electron chi connectivity index (χ3n) is 4.49. The third-order valence-corrected chi connectivity index (χ3v) is 4.83. The number of halogens is 1. The standard InChI is InChI=1S/C16H21ClN2O/c17-14-5-2-1-4-13(14)15-6-3-11-19(15)16(20)12-7-9-18-10-8-12/h1-2,4-5,12,15,18H,3,6-11H2. The third kappa shape index (κ3) is 2.70. The van der Waals surface area contributed by atoms with Crippen molar-refractivity contribution in [3.63, 3.8) is 0 Å². The highest BCUT2D eigenvalue weighted by Gasteiger charge is 2.34. The first-order valence-corrected chi connectivity index (χ1v) is 7.91. The summed E-state index contributed by atoms with van der Waals surface area (Å²) in [6.07, 6.45) is 4.03. The summed E-state index contributed by atoms with van der Waals surface area (Å²) in [7, 11) is 0. The molecule has 2 fully saturated rings. The second-order valence-corrected chi connectivity index (χ2v) is 6.14. The van der Waals surface area contributed by atoms with Gasteiger partial charge in [-0.15, -0.1) is 0 Å². The Labute approximate surface area is 125 Å². The minimum atomic E-state index is 0.172. The van der Waals surface area contributed by atoms with Crippen LogP contribution in [0.5, 0.6) is 0 Å². The quantitative estimate of drug-likeness (QED) is 0.909. The molecule has 1 amide bonds. The van der Waals surface area contributed by atoms with Crippen LogP contribution in [0.25, 0.3) is 0 Å². The number of piperidine rings is 1. The number of carbonyl (C=O) groups excluding carboxylic acids is 1. The van der Waals surface area contributed by atoms with Crippen LogP contribution in [0.3, 0.4) is 0 Å². The summed E-state index contributed by atoms with van der Waals surface area (Å²) in [6, 6.07) is 8.10. The molecular weight excluding hydrogens is 272 g/mol. The van der Waals surface area contributed by atoms with Crippen molar-refractivity contribution >= 4 is 17.5 Å². The monoisotopic (exact) mass is 292 g/mol. The molecule has 2 heterocycles. The summed E-state index contributed by atoms with van der Waals surface area (Å²) in [6.45, 7) is 2.79. The van der Waals surface area contributed by atoms with Gasteiger partial charge in [0.1, 0.15) is 0 Å². The van der Waals surface area contributed by atoms with Gasteiger partial charge < -0.3 is 10.2 Å². The van der Waals surface area contributed by atoms with E-state index in [1.165, 1.54) is 0 Å². The lowest BCUT2D eigenvalue weighted by molar-refractivity contribution is -0.137. The normalized spacial score (nSPS) is 24.1. The maximum atomic E-state index is 12.8. The molecule has 0 aliphatic carbocycles. The fourth-order valence-electron chi connectivity index (χ4n) is 3.40. The number of nitrogens with zero attached hydrogens (tertiary/aromatic N) is 1. The Morgan fingerprint density at radius 1 is 1.20 bits per heavy atom. The Bertz CT molecular complexity index is 485. The molecule has 2 aliphatic rings. The Kier molecular flexibility index (Phi) is 4.27. The van der Waals surface area contributed by atoms with Gasteiger partial charge in [-0.25, -0.2) is 0 Å². The summed E-state index contributed by atoms with van der Waals surface area (Å²) in [4.78, 5) is 14.8. The van der Waals surface area contributed by atoms with E-state index in [1.54, 1.807) is 0 Å². The van der Waals surface area contributed by atoms with Crippen LogP contribution in [0.4, 0.5) is 0 Å². The fraction of sp³-hybridized carbons (Fsp3) is 0.562. The van der Waals surface area contributed by atoms with Gasteiger partial charge in [0, 0.05) is 17.5 Å². The number of nitrogens with one attached hydrogen (secondary N) is 1. The molecule has 1 aromatic carbocycles. The van der Waals surface area contributed by atoms with E-state index < -0.39 is 0 Å². The molecule has 1 atom stereocenters. The summed E-state index contributed by atoms with van der Waals surface area (Å²) in [5.41, 5.74) is 1.11. The van der Waals surface area contributed by atoms with Gasteiger partial charge >= 0.3 is 0 Å². The molecule has 1 N–H and O–H groups in total. The molecule has 2 saturated heterocycles. The van der Waals surface area contributed by atoms with Crippen molar-refractivity contribution in [1.82, 2.24) is 10.2 Å². The highest BCUT2D eigenvalue weighted by atomic mass is 35.5. The lowest BCUT2D eigenvalue weighted by Crippen LogP contribution is -2.40. The molecule has 0 spiro atoms. The van der Waals surface area contributed by atoms with E-state index in [-0.39, 0.29) is 12.0 Å². The number of hydrogen-bond acceptors (Lipinski definition) is 2. The van der Waals surface area contributed by atoms with Crippen LogP contribution in [0.15, 0.2) is 24.3 Å². The van der Waals surface area contributed by atoms with Gasteiger partial charge in [0.15, 0.2) is 0 Å². The highest BCUT2D eigenvalue weighted by molar-refractivity contribution is 6.31. The van der Waals surface area contributed by atoms with E-state index in [2.05, 4.69) is 16.3 Å². The van der Waals surface area contributed by atoms with Crippen molar-refractivity contribution in [2.24, 2.45) is 5.92 Å². The number of hydrogen-bond donors (Lipinski definition) is 1. The SMILES string of the molecule is O=C(C1CCNCC1)N1CCCC1c1ccccc1Cl. The van der Waals surface area contributed by atoms with Crippen LogP contribution >= 0.6 is 11.6 Å². The van der Waals surface area contributed by atoms with E-state index in [0.29, 0.717) is 5.91 Å². The second-order valence-electron chi connectivity index (χ2n) is 5.74. The average molecular weight is 293 g/mol. The first-order chi connectivity index (χ1) is 9.77. The number of carbonyl (C=O) groups is 1. The molecule has 1 unspecified atom stereocenters. The molecular formula is C16H21ClN2O. The van der Waals surface area contributed by atoms with Crippen LogP contribution in [0.2, 0.25) is 5.02 Å². The maximum Gasteiger partial charge on any atom is 0.226 e. The minimum absolute atomic E-state index is 0.172. The van der Waals surface area contributed by atoms with Crippen LogP contribution in [0.1, 0.15) is 37.3 Å². The molecule has 0 saturated carbocycles. The van der Waals surface area contributed by atoms with Gasteiger partial charge in [-0.1, -0.05) is 29.8 Å². The zero-order valence-corrected chi connectivity index (χ0v) is 12.4. The molecule has 0 bridgehead atoms. The minimum Gasteiger partial charge on any atom is -0.335 e. The Hall–Kier alpha value is -1.06. The fourth-order valence-corrected chi connectivity index (χ4v) is 3.66. The van der Waals surface area contributed by atoms with Crippen LogP contribution in [-0.2, 0) is 4.79 Å². The maximum absolute atomic E-state index is 12.8. The topological polar surface area (TPSA) is 32.3 Å². The van der Waals surface area contributed by atoms with Gasteiger partial charge in [0.25, 0.3) is 0 Å². The Morgan fingerprint density at radius 3 is 2.70 bits per heavy atom. The van der Waals surface area contributed by atoms with Crippen molar-refractivity contribution < 1.29 is 4.79 Å². The smallest absolute Gasteiger partial charge is 0.226 e. The van der Waals surface area contributed by atoms with Gasteiger partial charge in [-0.3, -0.25) is 4.79 Å². The first kappa shape index (κ1) is 13.9. The van der Waals surface area contributed by atoms with Gasteiger partial charge in [0.05, 0.1) is 6.04 Å². The van der Waals surface area contributed by atoms with Crippen LogP contribution in [-0.4, -0.2) is 30.4 Å². The van der Waals surface area contributed by atoms with E-state index in [9.17, 15) is 4.79 Å². The molecule has 108 valence electrons. The van der Waals surface area contributed by atoms with E-state index in [4.69, 9.17) is 11.6 Å². The summed E-state index contributed by atoms with van der Waals surface area (Å²) in [5, 5.41) is 4.10. The summed E-state index contributed by atoms with van der Waals surface area (Å²) in [5.74, 6) is 0.522. The van der Waals surface area contributed by atoms with Gasteiger partial charge in [-0.05, 0) is 50.4 Å². The lowest BCUT2D eigenvalue weighted by Gasteiger charge is -2.31. The van der Waals surface area contributed by atoms with E-state index >= 15 is 0 Å². The number of rotatable bonds is 2. The van der Waals surface area contributed by atoms with Crippen molar-refractivity contribution in [2.75, 3.05) is 19.6 Å². The summed E-state index contributed by atoms with van der Waals surface area (Å²) >= 11 is 6.31.